The number of halogens is 1. The highest BCUT2D eigenvalue weighted by atomic mass is 19.1. The van der Waals surface area contributed by atoms with Crippen molar-refractivity contribution >= 4 is 11.9 Å². The Labute approximate surface area is 111 Å². The quantitative estimate of drug-likeness (QED) is 0.832. The van der Waals surface area contributed by atoms with Crippen LogP contribution in [-0.4, -0.2) is 23.0 Å². The number of benzene rings is 1. The molecule has 104 valence electrons. The van der Waals surface area contributed by atoms with Crippen LogP contribution in [0.5, 0.6) is 0 Å². The largest absolute Gasteiger partial charge is 0.481 e. The number of amides is 1. The van der Waals surface area contributed by atoms with E-state index in [1.54, 1.807) is 26.0 Å². The second-order valence-corrected chi connectivity index (χ2v) is 4.60. The van der Waals surface area contributed by atoms with Gasteiger partial charge in [0.25, 0.3) is 5.91 Å². The van der Waals surface area contributed by atoms with E-state index >= 15 is 0 Å². The Morgan fingerprint density at radius 2 is 2.11 bits per heavy atom. The molecule has 0 spiro atoms. The molecular formula is C14H18FNO3. The summed E-state index contributed by atoms with van der Waals surface area (Å²) in [5.41, 5.74) is 0.441. The predicted molar refractivity (Wildman–Crippen MR) is 69.6 cm³/mol. The summed E-state index contributed by atoms with van der Waals surface area (Å²) in [5.74, 6) is -1.84. The van der Waals surface area contributed by atoms with E-state index in [0.717, 1.165) is 0 Å². The van der Waals surface area contributed by atoms with Gasteiger partial charge in [-0.1, -0.05) is 12.1 Å². The van der Waals surface area contributed by atoms with E-state index in [1.165, 1.54) is 6.07 Å². The molecule has 5 heteroatoms. The molecule has 0 radical (unpaired) electrons. The molecule has 0 aliphatic carbocycles. The molecule has 1 unspecified atom stereocenters. The molecule has 1 aromatic rings. The van der Waals surface area contributed by atoms with E-state index in [0.29, 0.717) is 18.4 Å². The molecule has 2 N–H and O–H groups in total. The van der Waals surface area contributed by atoms with E-state index < -0.39 is 17.7 Å². The van der Waals surface area contributed by atoms with Crippen LogP contribution in [-0.2, 0) is 4.79 Å². The molecule has 19 heavy (non-hydrogen) atoms. The molecule has 4 nitrogen and oxygen atoms in total. The number of aryl methyl sites for hydroxylation is 1. The maximum Gasteiger partial charge on any atom is 0.303 e. The molecule has 0 saturated carbocycles. The molecule has 0 fully saturated rings. The zero-order valence-electron chi connectivity index (χ0n) is 11.1. The van der Waals surface area contributed by atoms with Gasteiger partial charge in [-0.25, -0.2) is 4.39 Å². The Morgan fingerprint density at radius 1 is 1.42 bits per heavy atom. The third kappa shape index (κ3) is 4.69. The molecule has 0 aliphatic heterocycles. The Bertz CT molecular complexity index is 474. The minimum absolute atomic E-state index is 0.0186. The number of hydrogen-bond acceptors (Lipinski definition) is 2. The zero-order valence-corrected chi connectivity index (χ0v) is 11.1. The number of carbonyl (C=O) groups is 2. The summed E-state index contributed by atoms with van der Waals surface area (Å²) < 4.78 is 13.7. The van der Waals surface area contributed by atoms with Crippen molar-refractivity contribution in [2.24, 2.45) is 0 Å². The molecule has 1 rings (SSSR count). The van der Waals surface area contributed by atoms with Crippen molar-refractivity contribution in [2.45, 2.75) is 39.2 Å². The maximum atomic E-state index is 13.7. The molecular weight excluding hydrogens is 249 g/mol. The fraction of sp³-hybridized carbons (Fsp3) is 0.429. The van der Waals surface area contributed by atoms with Crippen molar-refractivity contribution in [3.05, 3.63) is 35.1 Å². The number of aliphatic carboxylic acids is 1. The molecule has 1 amide bonds. The summed E-state index contributed by atoms with van der Waals surface area (Å²) in [6.45, 7) is 3.37. The fourth-order valence-electron chi connectivity index (χ4n) is 1.76. The lowest BCUT2D eigenvalue weighted by molar-refractivity contribution is -0.137. The maximum absolute atomic E-state index is 13.7. The average molecular weight is 267 g/mol. The van der Waals surface area contributed by atoms with E-state index in [2.05, 4.69) is 5.32 Å². The van der Waals surface area contributed by atoms with Crippen LogP contribution in [0.4, 0.5) is 4.39 Å². The van der Waals surface area contributed by atoms with E-state index in [9.17, 15) is 14.0 Å². The molecule has 1 atom stereocenters. The van der Waals surface area contributed by atoms with Crippen LogP contribution in [0.3, 0.4) is 0 Å². The third-order valence-corrected chi connectivity index (χ3v) is 2.84. The number of nitrogens with one attached hydrogen (secondary N) is 1. The summed E-state index contributed by atoms with van der Waals surface area (Å²) in [6.07, 6.45) is 1.09. The number of rotatable bonds is 6. The second kappa shape index (κ2) is 6.87. The van der Waals surface area contributed by atoms with Gasteiger partial charge in [-0.3, -0.25) is 9.59 Å². The van der Waals surface area contributed by atoms with Gasteiger partial charge >= 0.3 is 5.97 Å². The highest BCUT2D eigenvalue weighted by Crippen LogP contribution is 2.12. The van der Waals surface area contributed by atoms with Gasteiger partial charge in [-0.2, -0.15) is 0 Å². The predicted octanol–water partition coefficient (Wildman–Crippen LogP) is 2.51. The van der Waals surface area contributed by atoms with Gasteiger partial charge in [-0.05, 0) is 38.3 Å². The molecule has 0 aromatic heterocycles. The van der Waals surface area contributed by atoms with Crippen LogP contribution >= 0.6 is 0 Å². The lowest BCUT2D eigenvalue weighted by Gasteiger charge is -2.14. The van der Waals surface area contributed by atoms with Crippen molar-refractivity contribution in [2.75, 3.05) is 0 Å². The number of carboxylic acid groups (broad SMARTS) is 1. The minimum Gasteiger partial charge on any atom is -0.481 e. The van der Waals surface area contributed by atoms with Crippen LogP contribution < -0.4 is 5.32 Å². The Morgan fingerprint density at radius 3 is 2.74 bits per heavy atom. The molecule has 0 saturated heterocycles. The fourth-order valence-corrected chi connectivity index (χ4v) is 1.76. The second-order valence-electron chi connectivity index (χ2n) is 4.60. The van der Waals surface area contributed by atoms with Crippen LogP contribution in [0.2, 0.25) is 0 Å². The summed E-state index contributed by atoms with van der Waals surface area (Å²) >= 11 is 0. The number of hydrogen-bond donors (Lipinski definition) is 2. The Kier molecular flexibility index (Phi) is 5.48. The monoisotopic (exact) mass is 267 g/mol. The van der Waals surface area contributed by atoms with Crippen molar-refractivity contribution < 1.29 is 19.1 Å². The van der Waals surface area contributed by atoms with Gasteiger partial charge in [0.05, 0.1) is 5.56 Å². The normalized spacial score (nSPS) is 11.9. The van der Waals surface area contributed by atoms with Gasteiger partial charge < -0.3 is 10.4 Å². The SMILES string of the molecule is Cc1cccc(C(=O)NC(C)CCCC(=O)O)c1F. The highest BCUT2D eigenvalue weighted by Gasteiger charge is 2.15. The lowest BCUT2D eigenvalue weighted by Crippen LogP contribution is -2.33. The molecule has 0 bridgehead atoms. The van der Waals surface area contributed by atoms with Gasteiger partial charge in [-0.15, -0.1) is 0 Å². The topological polar surface area (TPSA) is 66.4 Å². The average Bonchev–Trinajstić information content (AvgIpc) is 2.31. The van der Waals surface area contributed by atoms with Crippen LogP contribution in [0.15, 0.2) is 18.2 Å². The summed E-state index contributed by atoms with van der Waals surface area (Å²) in [6, 6.07) is 4.47. The summed E-state index contributed by atoms with van der Waals surface area (Å²) in [4.78, 5) is 22.2. The third-order valence-electron chi connectivity index (χ3n) is 2.84. The number of carboxylic acids is 1. The van der Waals surface area contributed by atoms with E-state index in [-0.39, 0.29) is 18.0 Å². The van der Waals surface area contributed by atoms with Crippen LogP contribution in [0, 0.1) is 12.7 Å². The Balaban J connectivity index is 2.54. The minimum atomic E-state index is -0.858. The van der Waals surface area contributed by atoms with E-state index in [1.807, 2.05) is 0 Å². The van der Waals surface area contributed by atoms with Crippen LogP contribution in [0.25, 0.3) is 0 Å². The van der Waals surface area contributed by atoms with E-state index in [4.69, 9.17) is 5.11 Å². The van der Waals surface area contributed by atoms with Crippen molar-refractivity contribution in [1.82, 2.24) is 5.32 Å². The first-order valence-corrected chi connectivity index (χ1v) is 6.19. The van der Waals surface area contributed by atoms with Crippen molar-refractivity contribution in [1.29, 1.82) is 0 Å². The molecule has 0 heterocycles. The highest BCUT2D eigenvalue weighted by molar-refractivity contribution is 5.94. The van der Waals surface area contributed by atoms with Gasteiger partial charge in [0, 0.05) is 12.5 Å². The van der Waals surface area contributed by atoms with Gasteiger partial charge in [0.1, 0.15) is 5.82 Å². The smallest absolute Gasteiger partial charge is 0.303 e. The summed E-state index contributed by atoms with van der Waals surface area (Å²) in [7, 11) is 0. The van der Waals surface area contributed by atoms with Gasteiger partial charge in [0.15, 0.2) is 0 Å². The van der Waals surface area contributed by atoms with Crippen molar-refractivity contribution in [3.63, 3.8) is 0 Å². The first-order valence-electron chi connectivity index (χ1n) is 6.19. The zero-order chi connectivity index (χ0) is 14.4. The lowest BCUT2D eigenvalue weighted by atomic mass is 10.1. The number of carbonyl (C=O) groups excluding carboxylic acids is 1. The van der Waals surface area contributed by atoms with Crippen molar-refractivity contribution in [3.8, 4) is 0 Å². The first kappa shape index (κ1) is 15.1. The standard InChI is InChI=1S/C14H18FNO3/c1-9-5-3-7-11(13(9)15)14(19)16-10(2)6-4-8-12(17)18/h3,5,7,10H,4,6,8H2,1-2H3,(H,16,19)(H,17,18). The van der Waals surface area contributed by atoms with Crippen LogP contribution in [0.1, 0.15) is 42.1 Å². The molecule has 1 aromatic carbocycles. The Hall–Kier alpha value is -1.91. The summed E-state index contributed by atoms with van der Waals surface area (Å²) in [5, 5.41) is 11.2. The first-order chi connectivity index (χ1) is 8.91. The van der Waals surface area contributed by atoms with Gasteiger partial charge in [0.2, 0.25) is 0 Å². The molecule has 0 aliphatic rings.